The molecular weight excluding hydrogens is 262 g/mol. The van der Waals surface area contributed by atoms with Crippen LogP contribution in [0.2, 0.25) is 0 Å². The summed E-state index contributed by atoms with van der Waals surface area (Å²) in [6.07, 6.45) is 4.47. The van der Waals surface area contributed by atoms with Gasteiger partial charge in [0.15, 0.2) is 0 Å². The molecule has 1 aliphatic rings. The maximum atomic E-state index is 12.8. The summed E-state index contributed by atoms with van der Waals surface area (Å²) in [6.45, 7) is 10.5. The third-order valence-electron chi connectivity index (χ3n) is 4.13. The summed E-state index contributed by atoms with van der Waals surface area (Å²) in [5, 5.41) is 3.61. The van der Waals surface area contributed by atoms with Gasteiger partial charge in [-0.3, -0.25) is 9.78 Å². The fourth-order valence-corrected chi connectivity index (χ4v) is 3.05. The first-order valence-corrected chi connectivity index (χ1v) is 7.93. The molecule has 0 saturated carbocycles. The molecule has 1 saturated heterocycles. The molecule has 1 N–H and O–H groups in total. The zero-order valence-corrected chi connectivity index (χ0v) is 13.5. The van der Waals surface area contributed by atoms with Gasteiger partial charge in [0.25, 0.3) is 5.91 Å². The minimum absolute atomic E-state index is 0.108. The van der Waals surface area contributed by atoms with Crippen molar-refractivity contribution in [3.63, 3.8) is 0 Å². The van der Waals surface area contributed by atoms with E-state index in [1.165, 1.54) is 0 Å². The number of amides is 1. The monoisotopic (exact) mass is 289 g/mol. The highest BCUT2D eigenvalue weighted by Crippen LogP contribution is 2.20. The molecule has 21 heavy (non-hydrogen) atoms. The molecule has 1 aliphatic heterocycles. The van der Waals surface area contributed by atoms with Crippen LogP contribution in [0.4, 0.5) is 0 Å². The maximum Gasteiger partial charge on any atom is 0.255 e. The molecule has 2 rings (SSSR count). The summed E-state index contributed by atoms with van der Waals surface area (Å²) in [7, 11) is 0. The van der Waals surface area contributed by atoms with Crippen molar-refractivity contribution in [1.29, 1.82) is 0 Å². The molecule has 1 aromatic rings. The Kier molecular flexibility index (Phi) is 5.34. The molecule has 2 heterocycles. The second kappa shape index (κ2) is 7.03. The first-order chi connectivity index (χ1) is 9.99. The molecule has 4 heteroatoms. The Morgan fingerprint density at radius 2 is 2.19 bits per heavy atom. The van der Waals surface area contributed by atoms with Crippen LogP contribution in [0.1, 0.15) is 44.5 Å². The summed E-state index contributed by atoms with van der Waals surface area (Å²) in [6, 6.07) is 4.32. The summed E-state index contributed by atoms with van der Waals surface area (Å²) in [5.41, 5.74) is 0.688. The maximum absolute atomic E-state index is 12.8. The van der Waals surface area contributed by atoms with Crippen LogP contribution in [-0.2, 0) is 0 Å². The lowest BCUT2D eigenvalue weighted by molar-refractivity contribution is 0.0494. The van der Waals surface area contributed by atoms with Crippen LogP contribution in [0.25, 0.3) is 0 Å². The molecule has 0 radical (unpaired) electrons. The van der Waals surface area contributed by atoms with Gasteiger partial charge in [-0.1, -0.05) is 27.7 Å². The fraction of sp³-hybridized carbons (Fsp3) is 0.647. The van der Waals surface area contributed by atoms with Gasteiger partial charge in [0.1, 0.15) is 0 Å². The van der Waals surface area contributed by atoms with Crippen LogP contribution in [0.5, 0.6) is 0 Å². The molecule has 1 fully saturated rings. The molecule has 0 bridgehead atoms. The third kappa shape index (κ3) is 4.03. The quantitative estimate of drug-likeness (QED) is 0.926. The highest BCUT2D eigenvalue weighted by atomic mass is 16.2. The van der Waals surface area contributed by atoms with Crippen molar-refractivity contribution < 1.29 is 4.79 Å². The largest absolute Gasteiger partial charge is 0.333 e. The van der Waals surface area contributed by atoms with Crippen LogP contribution in [0.15, 0.2) is 24.5 Å². The number of carbonyl (C=O) groups is 1. The van der Waals surface area contributed by atoms with E-state index in [-0.39, 0.29) is 11.9 Å². The van der Waals surface area contributed by atoms with Gasteiger partial charge in [-0.15, -0.1) is 0 Å². The Hall–Kier alpha value is -1.42. The van der Waals surface area contributed by atoms with Crippen LogP contribution >= 0.6 is 0 Å². The standard InChI is InChI=1S/C17H27N3O/c1-12(2)8-15-11-20(16(10-19-15)13(3)4)17(21)14-6-5-7-18-9-14/h5-7,9,12-13,15-16,19H,8,10-11H2,1-4H3. The molecular formula is C17H27N3O. The molecule has 0 aliphatic carbocycles. The predicted molar refractivity (Wildman–Crippen MR) is 85.1 cm³/mol. The van der Waals surface area contributed by atoms with Gasteiger partial charge >= 0.3 is 0 Å². The molecule has 4 nitrogen and oxygen atoms in total. The predicted octanol–water partition coefficient (Wildman–Crippen LogP) is 2.57. The lowest BCUT2D eigenvalue weighted by atomic mass is 9.94. The van der Waals surface area contributed by atoms with Gasteiger partial charge in [-0.05, 0) is 30.4 Å². The van der Waals surface area contributed by atoms with E-state index in [2.05, 4.69) is 38.0 Å². The van der Waals surface area contributed by atoms with E-state index in [0.29, 0.717) is 23.4 Å². The number of rotatable bonds is 4. The average Bonchev–Trinajstić information content (AvgIpc) is 2.46. The number of carbonyl (C=O) groups excluding carboxylic acids is 1. The summed E-state index contributed by atoms with van der Waals surface area (Å²) in [4.78, 5) is 18.9. The zero-order chi connectivity index (χ0) is 15.4. The molecule has 2 atom stereocenters. The minimum atomic E-state index is 0.108. The van der Waals surface area contributed by atoms with Crippen LogP contribution in [-0.4, -0.2) is 41.0 Å². The molecule has 0 spiro atoms. The normalized spacial score (nSPS) is 22.9. The van der Waals surface area contributed by atoms with E-state index in [4.69, 9.17) is 0 Å². The number of aromatic nitrogens is 1. The van der Waals surface area contributed by atoms with Gasteiger partial charge in [-0.2, -0.15) is 0 Å². The molecule has 1 amide bonds. The topological polar surface area (TPSA) is 45.2 Å². The third-order valence-corrected chi connectivity index (χ3v) is 4.13. The van der Waals surface area contributed by atoms with Crippen LogP contribution < -0.4 is 5.32 Å². The Morgan fingerprint density at radius 3 is 2.76 bits per heavy atom. The number of nitrogens with zero attached hydrogens (tertiary/aromatic N) is 2. The van der Waals surface area contributed by atoms with E-state index in [1.54, 1.807) is 12.4 Å². The Labute approximate surface area is 127 Å². The van der Waals surface area contributed by atoms with E-state index < -0.39 is 0 Å². The average molecular weight is 289 g/mol. The fourth-order valence-electron chi connectivity index (χ4n) is 3.05. The molecule has 116 valence electrons. The summed E-state index contributed by atoms with van der Waals surface area (Å²) >= 11 is 0. The summed E-state index contributed by atoms with van der Waals surface area (Å²) in [5.74, 6) is 1.18. The molecule has 0 aromatic carbocycles. The highest BCUT2D eigenvalue weighted by Gasteiger charge is 2.33. The van der Waals surface area contributed by atoms with Crippen molar-refractivity contribution in [2.75, 3.05) is 13.1 Å². The van der Waals surface area contributed by atoms with Gasteiger partial charge in [0, 0.05) is 37.6 Å². The van der Waals surface area contributed by atoms with Crippen molar-refractivity contribution >= 4 is 5.91 Å². The van der Waals surface area contributed by atoms with Crippen molar-refractivity contribution in [3.8, 4) is 0 Å². The number of pyridine rings is 1. The number of hydrogen-bond donors (Lipinski definition) is 1. The SMILES string of the molecule is CC(C)CC1CN(C(=O)c2cccnc2)C(C(C)C)CN1. The van der Waals surface area contributed by atoms with Crippen molar-refractivity contribution in [2.24, 2.45) is 11.8 Å². The zero-order valence-electron chi connectivity index (χ0n) is 13.5. The Bertz CT molecular complexity index is 458. The number of piperazine rings is 1. The van der Waals surface area contributed by atoms with Gasteiger partial charge in [0.2, 0.25) is 0 Å². The van der Waals surface area contributed by atoms with Gasteiger partial charge < -0.3 is 10.2 Å². The van der Waals surface area contributed by atoms with E-state index in [1.807, 2.05) is 17.0 Å². The first-order valence-electron chi connectivity index (χ1n) is 7.93. The smallest absolute Gasteiger partial charge is 0.255 e. The lowest BCUT2D eigenvalue weighted by Gasteiger charge is -2.43. The lowest BCUT2D eigenvalue weighted by Crippen LogP contribution is -2.60. The number of hydrogen-bond acceptors (Lipinski definition) is 3. The van der Waals surface area contributed by atoms with Gasteiger partial charge in [0.05, 0.1) is 5.56 Å². The van der Waals surface area contributed by atoms with E-state index >= 15 is 0 Å². The second-order valence-electron chi connectivity index (χ2n) is 6.75. The molecule has 2 unspecified atom stereocenters. The van der Waals surface area contributed by atoms with Crippen molar-refractivity contribution in [2.45, 2.75) is 46.2 Å². The van der Waals surface area contributed by atoms with Gasteiger partial charge in [-0.25, -0.2) is 0 Å². The number of nitrogens with one attached hydrogen (secondary N) is 1. The Morgan fingerprint density at radius 1 is 1.43 bits per heavy atom. The highest BCUT2D eigenvalue weighted by molar-refractivity contribution is 5.94. The van der Waals surface area contributed by atoms with E-state index in [9.17, 15) is 4.79 Å². The first kappa shape index (κ1) is 16.0. The second-order valence-corrected chi connectivity index (χ2v) is 6.75. The van der Waals surface area contributed by atoms with E-state index in [0.717, 1.165) is 19.5 Å². The molecule has 1 aromatic heterocycles. The van der Waals surface area contributed by atoms with Crippen molar-refractivity contribution in [3.05, 3.63) is 30.1 Å². The van der Waals surface area contributed by atoms with Crippen LogP contribution in [0.3, 0.4) is 0 Å². The Balaban J connectivity index is 2.16. The van der Waals surface area contributed by atoms with Crippen molar-refractivity contribution in [1.82, 2.24) is 15.2 Å². The van der Waals surface area contributed by atoms with Crippen LogP contribution in [0, 0.1) is 11.8 Å². The summed E-state index contributed by atoms with van der Waals surface area (Å²) < 4.78 is 0. The minimum Gasteiger partial charge on any atom is -0.333 e.